The van der Waals surface area contributed by atoms with Gasteiger partial charge in [-0.3, -0.25) is 4.79 Å². The van der Waals surface area contributed by atoms with Crippen LogP contribution in [0, 0.1) is 5.82 Å². The van der Waals surface area contributed by atoms with Gasteiger partial charge in [-0.1, -0.05) is 6.07 Å². The van der Waals surface area contributed by atoms with E-state index in [2.05, 4.69) is 15.3 Å². The molecule has 2 aromatic rings. The van der Waals surface area contributed by atoms with E-state index in [0.29, 0.717) is 0 Å². The van der Waals surface area contributed by atoms with Crippen molar-refractivity contribution in [1.82, 2.24) is 15.3 Å². The Kier molecular flexibility index (Phi) is 6.13. The minimum atomic E-state index is -4.51. The molecule has 1 unspecified atom stereocenters. The van der Waals surface area contributed by atoms with E-state index in [1.165, 1.54) is 39.5 Å². The number of amides is 1. The molecule has 1 amide bonds. The predicted octanol–water partition coefficient (Wildman–Crippen LogP) is 0.501. The molecule has 0 spiro atoms. The molecule has 0 aliphatic carbocycles. The number of hydrogen-bond donors (Lipinski definition) is 2. The van der Waals surface area contributed by atoms with E-state index in [-0.39, 0.29) is 23.5 Å². The number of primary sulfonamides is 1. The molecule has 12 heteroatoms. The molecule has 10 nitrogen and oxygen atoms in total. The third-order valence-corrected chi connectivity index (χ3v) is 4.47. The van der Waals surface area contributed by atoms with Gasteiger partial charge in [0.25, 0.3) is 0 Å². The fourth-order valence-electron chi connectivity index (χ4n) is 2.17. The monoisotopic (exact) mass is 400 g/mol. The minimum absolute atomic E-state index is 0.0871. The second-order valence-corrected chi connectivity index (χ2v) is 6.72. The van der Waals surface area contributed by atoms with E-state index in [0.717, 1.165) is 6.07 Å². The van der Waals surface area contributed by atoms with Crippen LogP contribution in [0.4, 0.5) is 4.39 Å². The summed E-state index contributed by atoms with van der Waals surface area (Å²) in [6, 6.07) is 4.53. The molecule has 1 atom stereocenters. The van der Waals surface area contributed by atoms with Crippen molar-refractivity contribution in [2.24, 2.45) is 5.14 Å². The van der Waals surface area contributed by atoms with Crippen molar-refractivity contribution >= 4 is 15.9 Å². The van der Waals surface area contributed by atoms with E-state index < -0.39 is 32.6 Å². The number of aromatic nitrogens is 2. The number of ether oxygens (including phenoxy) is 3. The van der Waals surface area contributed by atoms with Crippen LogP contribution in [0.5, 0.6) is 23.5 Å². The van der Waals surface area contributed by atoms with Gasteiger partial charge in [0.2, 0.25) is 27.7 Å². The van der Waals surface area contributed by atoms with E-state index in [9.17, 15) is 17.6 Å². The number of halogens is 1. The van der Waals surface area contributed by atoms with Crippen LogP contribution >= 0.6 is 0 Å². The lowest BCUT2D eigenvalue weighted by atomic mass is 10.1. The van der Waals surface area contributed by atoms with Crippen LogP contribution in [0.25, 0.3) is 0 Å². The quantitative estimate of drug-likeness (QED) is 0.684. The van der Waals surface area contributed by atoms with Crippen molar-refractivity contribution in [3.8, 4) is 23.5 Å². The number of likely N-dealkylation sites (N-methyl/N-ethyl adjacent to an activating group) is 1. The molecule has 0 aliphatic rings. The minimum Gasteiger partial charge on any atom is -0.481 e. The standard InChI is InChI=1S/C15H17FN4O6S/c1-18-14(21)13(27(17,22)23)12-8(16)5-4-6-9(12)26-15-19-10(24-2)7-11(20-15)25-3/h4-7,13H,1-3H3,(H,18,21)(H2,17,22,23). The van der Waals surface area contributed by atoms with E-state index in [4.69, 9.17) is 19.3 Å². The first kappa shape index (κ1) is 20.3. The van der Waals surface area contributed by atoms with Crippen LogP contribution < -0.4 is 24.7 Å². The fourth-order valence-corrected chi connectivity index (χ4v) is 3.15. The van der Waals surface area contributed by atoms with E-state index >= 15 is 0 Å². The first-order valence-corrected chi connectivity index (χ1v) is 8.98. The Morgan fingerprint density at radius 2 is 1.81 bits per heavy atom. The van der Waals surface area contributed by atoms with Gasteiger partial charge >= 0.3 is 6.01 Å². The van der Waals surface area contributed by atoms with Crippen LogP contribution in [0.3, 0.4) is 0 Å². The Bertz CT molecular complexity index is 931. The summed E-state index contributed by atoms with van der Waals surface area (Å²) in [6.45, 7) is 0. The molecule has 0 bridgehead atoms. The zero-order chi connectivity index (χ0) is 20.2. The molecule has 146 valence electrons. The van der Waals surface area contributed by atoms with Gasteiger partial charge < -0.3 is 19.5 Å². The first-order valence-electron chi connectivity index (χ1n) is 7.37. The largest absolute Gasteiger partial charge is 0.481 e. The normalized spacial score (nSPS) is 12.2. The lowest BCUT2D eigenvalue weighted by molar-refractivity contribution is -0.120. The Labute approximate surface area is 154 Å². The molecule has 3 N–H and O–H groups in total. The van der Waals surface area contributed by atoms with Gasteiger partial charge in [-0.15, -0.1) is 0 Å². The van der Waals surface area contributed by atoms with Crippen molar-refractivity contribution in [2.45, 2.75) is 5.25 Å². The number of nitrogens with one attached hydrogen (secondary N) is 1. The predicted molar refractivity (Wildman–Crippen MR) is 91.5 cm³/mol. The van der Waals surface area contributed by atoms with Gasteiger partial charge in [0.1, 0.15) is 11.6 Å². The molecular formula is C15H17FN4O6S. The second kappa shape index (κ2) is 8.14. The van der Waals surface area contributed by atoms with Crippen LogP contribution in [0.1, 0.15) is 10.8 Å². The average molecular weight is 400 g/mol. The molecule has 2 rings (SSSR count). The molecule has 27 heavy (non-hydrogen) atoms. The van der Waals surface area contributed by atoms with E-state index in [1.807, 2.05) is 0 Å². The summed E-state index contributed by atoms with van der Waals surface area (Å²) < 4.78 is 53.7. The SMILES string of the molecule is CNC(=O)C(c1c(F)cccc1Oc1nc(OC)cc(OC)n1)S(N)(=O)=O. The Hall–Kier alpha value is -2.99. The molecular weight excluding hydrogens is 383 g/mol. The van der Waals surface area contributed by atoms with Crippen LogP contribution in [-0.4, -0.2) is 45.6 Å². The summed E-state index contributed by atoms with van der Waals surface area (Å²) in [7, 11) is -0.624. The molecule has 0 saturated carbocycles. The smallest absolute Gasteiger partial charge is 0.328 e. The number of nitrogens with zero attached hydrogens (tertiary/aromatic N) is 2. The van der Waals surface area contributed by atoms with Gasteiger partial charge in [0.05, 0.1) is 25.8 Å². The highest BCUT2D eigenvalue weighted by Crippen LogP contribution is 2.35. The summed E-state index contributed by atoms with van der Waals surface area (Å²) in [4.78, 5) is 19.9. The molecule has 0 aliphatic heterocycles. The van der Waals surface area contributed by atoms with Crippen molar-refractivity contribution in [2.75, 3.05) is 21.3 Å². The lowest BCUT2D eigenvalue weighted by Gasteiger charge is -2.18. The number of carbonyl (C=O) groups excluding carboxylic acids is 1. The third kappa shape index (κ3) is 4.60. The third-order valence-electron chi connectivity index (χ3n) is 3.37. The molecule has 0 fully saturated rings. The van der Waals surface area contributed by atoms with Gasteiger partial charge in [-0.05, 0) is 12.1 Å². The number of rotatable bonds is 7. The number of nitrogens with two attached hydrogens (primary N) is 1. The molecule has 1 heterocycles. The highest BCUT2D eigenvalue weighted by Gasteiger charge is 2.36. The van der Waals surface area contributed by atoms with Crippen LogP contribution in [0.15, 0.2) is 24.3 Å². The fraction of sp³-hybridized carbons (Fsp3) is 0.267. The van der Waals surface area contributed by atoms with Gasteiger partial charge in [0.15, 0.2) is 5.25 Å². The number of sulfonamides is 1. The van der Waals surface area contributed by atoms with Gasteiger partial charge in [-0.2, -0.15) is 9.97 Å². The lowest BCUT2D eigenvalue weighted by Crippen LogP contribution is -2.35. The number of hydrogen-bond acceptors (Lipinski definition) is 8. The summed E-state index contributed by atoms with van der Waals surface area (Å²) in [5, 5.41) is 5.23. The average Bonchev–Trinajstić information content (AvgIpc) is 2.62. The Balaban J connectivity index is 2.60. The Morgan fingerprint density at radius 3 is 2.30 bits per heavy atom. The maximum Gasteiger partial charge on any atom is 0.328 e. The summed E-state index contributed by atoms with van der Waals surface area (Å²) in [6.07, 6.45) is 0. The number of methoxy groups -OCH3 is 2. The highest BCUT2D eigenvalue weighted by molar-refractivity contribution is 7.90. The zero-order valence-electron chi connectivity index (χ0n) is 14.6. The van der Waals surface area contributed by atoms with Crippen molar-refractivity contribution in [1.29, 1.82) is 0 Å². The van der Waals surface area contributed by atoms with Crippen LogP contribution in [-0.2, 0) is 14.8 Å². The van der Waals surface area contributed by atoms with E-state index in [1.54, 1.807) is 0 Å². The summed E-state index contributed by atoms with van der Waals surface area (Å²) >= 11 is 0. The van der Waals surface area contributed by atoms with Crippen molar-refractivity contribution in [3.63, 3.8) is 0 Å². The summed E-state index contributed by atoms with van der Waals surface area (Å²) in [5.41, 5.74) is -0.579. The van der Waals surface area contributed by atoms with Gasteiger partial charge in [0, 0.05) is 7.05 Å². The topological polar surface area (TPSA) is 143 Å². The maximum absolute atomic E-state index is 14.5. The van der Waals surface area contributed by atoms with Crippen molar-refractivity contribution < 1.29 is 31.8 Å². The molecule has 0 radical (unpaired) electrons. The van der Waals surface area contributed by atoms with Crippen molar-refractivity contribution in [3.05, 3.63) is 35.6 Å². The molecule has 1 aromatic heterocycles. The Morgan fingerprint density at radius 1 is 1.22 bits per heavy atom. The maximum atomic E-state index is 14.5. The first-order chi connectivity index (χ1) is 12.7. The zero-order valence-corrected chi connectivity index (χ0v) is 15.4. The second-order valence-electron chi connectivity index (χ2n) is 5.07. The van der Waals surface area contributed by atoms with Gasteiger partial charge in [-0.25, -0.2) is 17.9 Å². The van der Waals surface area contributed by atoms with Crippen LogP contribution in [0.2, 0.25) is 0 Å². The molecule has 1 aromatic carbocycles. The number of benzene rings is 1. The highest BCUT2D eigenvalue weighted by atomic mass is 32.2. The number of carbonyl (C=O) groups is 1. The molecule has 0 saturated heterocycles. The summed E-state index contributed by atoms with van der Waals surface area (Å²) in [5.74, 6) is -2.18.